The Morgan fingerprint density at radius 2 is 0.826 bits per heavy atom. The van der Waals surface area contributed by atoms with E-state index in [4.69, 9.17) is 24.9 Å². The first-order valence-corrected chi connectivity index (χ1v) is 23.4. The van der Waals surface area contributed by atoms with Gasteiger partial charge in [-0.25, -0.2) is 63.1 Å². The van der Waals surface area contributed by atoms with Crippen molar-refractivity contribution < 1.29 is 13.7 Å². The molecule has 9 aromatic rings. The van der Waals surface area contributed by atoms with E-state index in [1.165, 1.54) is 0 Å². The van der Waals surface area contributed by atoms with Crippen LogP contribution in [0.15, 0.2) is 117 Å². The lowest BCUT2D eigenvalue weighted by atomic mass is 9.96. The van der Waals surface area contributed by atoms with Gasteiger partial charge in [-0.05, 0) is 62.4 Å². The summed E-state index contributed by atoms with van der Waals surface area (Å²) in [6.07, 6.45) is 17.5. The third-order valence-corrected chi connectivity index (χ3v) is 12.2. The maximum Gasteiger partial charge on any atom is 0.298 e. The van der Waals surface area contributed by atoms with Crippen LogP contribution in [0.4, 0.5) is 0 Å². The van der Waals surface area contributed by atoms with Crippen molar-refractivity contribution in [2.75, 3.05) is 0 Å². The molecular formula is C54H62N15+3. The maximum atomic E-state index is 5.03. The van der Waals surface area contributed by atoms with Gasteiger partial charge in [-0.3, -0.25) is 0 Å². The van der Waals surface area contributed by atoms with Crippen molar-refractivity contribution in [3.8, 4) is 79.7 Å². The van der Waals surface area contributed by atoms with Crippen LogP contribution in [0.2, 0.25) is 0 Å². The fraction of sp³-hybridized carbons (Fsp3) is 0.333. The molecule has 0 unspecified atom stereocenters. The second-order valence-electron chi connectivity index (χ2n) is 21.1. The van der Waals surface area contributed by atoms with Crippen LogP contribution in [0.5, 0.6) is 0 Å². The van der Waals surface area contributed by atoms with Crippen LogP contribution in [-0.2, 0) is 37.4 Å². The molecule has 350 valence electrons. The van der Waals surface area contributed by atoms with Crippen molar-refractivity contribution in [1.29, 1.82) is 0 Å². The number of nitrogens with zero attached hydrogens (tertiary/aromatic N) is 15. The fourth-order valence-corrected chi connectivity index (χ4v) is 8.56. The van der Waals surface area contributed by atoms with E-state index in [-0.39, 0.29) is 22.3 Å². The van der Waals surface area contributed by atoms with Gasteiger partial charge in [0.05, 0.1) is 32.7 Å². The molecule has 15 heteroatoms. The zero-order valence-electron chi connectivity index (χ0n) is 42.3. The van der Waals surface area contributed by atoms with Gasteiger partial charge in [-0.2, -0.15) is 9.13 Å². The van der Waals surface area contributed by atoms with Gasteiger partial charge in [0, 0.05) is 32.9 Å². The average molecular weight is 921 g/mol. The molecule has 0 aliphatic carbocycles. The molecule has 0 amide bonds. The molecule has 0 saturated heterocycles. The maximum absolute atomic E-state index is 5.03. The van der Waals surface area contributed by atoms with Gasteiger partial charge in [-0.15, -0.1) is 0 Å². The van der Waals surface area contributed by atoms with E-state index in [1.54, 1.807) is 19.0 Å². The Hall–Kier alpha value is -7.68. The molecule has 0 bridgehead atoms. The monoisotopic (exact) mass is 921 g/mol. The van der Waals surface area contributed by atoms with Crippen LogP contribution in [0.3, 0.4) is 0 Å². The van der Waals surface area contributed by atoms with Gasteiger partial charge < -0.3 is 0 Å². The summed E-state index contributed by atoms with van der Waals surface area (Å²) in [6.45, 7) is 23.4. The summed E-state index contributed by atoms with van der Waals surface area (Å²) in [4.78, 5) is 42.6. The van der Waals surface area contributed by atoms with Crippen LogP contribution in [0.25, 0.3) is 79.7 Å². The first-order chi connectivity index (χ1) is 32.7. The lowest BCUT2D eigenvalue weighted by molar-refractivity contribution is -0.705. The minimum atomic E-state index is -0.275. The molecule has 0 fully saturated rings. The van der Waals surface area contributed by atoms with Crippen LogP contribution in [0, 0.1) is 0 Å². The molecule has 6 aromatic heterocycles. The zero-order valence-corrected chi connectivity index (χ0v) is 42.3. The van der Waals surface area contributed by atoms with Gasteiger partial charge in [0.25, 0.3) is 17.5 Å². The smallest absolute Gasteiger partial charge is 0.233 e. The second kappa shape index (κ2) is 17.4. The van der Waals surface area contributed by atoms with Gasteiger partial charge in [0.2, 0.25) is 0 Å². The minimum Gasteiger partial charge on any atom is -0.233 e. The normalized spacial score (nSPS) is 12.3. The number of aryl methyl sites for hydroxylation is 3. The van der Waals surface area contributed by atoms with Crippen molar-refractivity contribution in [3.63, 3.8) is 0 Å². The summed E-state index contributed by atoms with van der Waals surface area (Å²) in [5.74, 6) is 6.98. The van der Waals surface area contributed by atoms with E-state index in [1.807, 2.05) is 0 Å². The fourth-order valence-electron chi connectivity index (χ4n) is 8.56. The molecule has 0 saturated carbocycles. The summed E-state index contributed by atoms with van der Waals surface area (Å²) in [5, 5.41) is 0. The zero-order chi connectivity index (χ0) is 49.2. The first-order valence-electron chi connectivity index (χ1n) is 23.4. The van der Waals surface area contributed by atoms with E-state index >= 15 is 0 Å². The second-order valence-corrected chi connectivity index (χ2v) is 21.1. The number of hydrogen-bond acceptors (Lipinski definition) is 9. The lowest BCUT2D eigenvalue weighted by Crippen LogP contribution is -2.40. The van der Waals surface area contributed by atoms with Gasteiger partial charge >= 0.3 is 0 Å². The Balaban J connectivity index is 1.28. The van der Waals surface area contributed by atoms with Crippen molar-refractivity contribution in [2.24, 2.45) is 21.1 Å². The molecule has 0 N–H and O–H groups in total. The van der Waals surface area contributed by atoms with E-state index in [0.29, 0.717) is 17.5 Å². The van der Waals surface area contributed by atoms with Crippen molar-refractivity contribution in [3.05, 3.63) is 134 Å². The van der Waals surface area contributed by atoms with Gasteiger partial charge in [0.15, 0.2) is 17.5 Å². The molecule has 0 atom stereocenters. The largest absolute Gasteiger partial charge is 0.298 e. The Labute approximate surface area is 404 Å². The third-order valence-electron chi connectivity index (χ3n) is 12.2. The molecule has 0 radical (unpaired) electrons. The van der Waals surface area contributed by atoms with Gasteiger partial charge in [-0.1, -0.05) is 74.4 Å². The molecule has 15 nitrogen and oxygen atoms in total. The number of aromatic nitrogens is 15. The summed E-state index contributed by atoms with van der Waals surface area (Å²) in [5.41, 5.74) is 6.76. The topological polar surface area (TPSA) is 142 Å². The summed E-state index contributed by atoms with van der Waals surface area (Å²) in [6, 6.07) is 21.5. The quantitative estimate of drug-likeness (QED) is 0.130. The molecule has 3 aromatic carbocycles. The highest BCUT2D eigenvalue weighted by molar-refractivity contribution is 5.75. The summed E-state index contributed by atoms with van der Waals surface area (Å²) in [7, 11) is 6.26. The molecule has 0 aliphatic rings. The Bertz CT molecular complexity index is 3370. The predicted octanol–water partition coefficient (Wildman–Crippen LogP) is 8.57. The molecule has 6 heterocycles. The molecule has 69 heavy (non-hydrogen) atoms. The molecule has 0 aliphatic heterocycles. The van der Waals surface area contributed by atoms with Crippen LogP contribution >= 0.6 is 0 Å². The Morgan fingerprint density at radius 1 is 0.435 bits per heavy atom. The molecular weight excluding hydrogens is 859 g/mol. The summed E-state index contributed by atoms with van der Waals surface area (Å²) >= 11 is 0. The first kappa shape index (κ1) is 46.4. The molecule has 9 rings (SSSR count). The lowest BCUT2D eigenvalue weighted by Gasteiger charge is -2.17. The predicted molar refractivity (Wildman–Crippen MR) is 266 cm³/mol. The third kappa shape index (κ3) is 8.96. The van der Waals surface area contributed by atoms with E-state index in [2.05, 4.69) is 242 Å². The highest BCUT2D eigenvalue weighted by atomic mass is 15.2. The van der Waals surface area contributed by atoms with Gasteiger partial charge in [0.1, 0.15) is 96.1 Å². The molecule has 0 spiro atoms. The number of benzene rings is 3. The average Bonchev–Trinajstić information content (AvgIpc) is 4.03. The number of imidazole rings is 3. The standard InChI is InChI=1S/C54H62N15/c1-34(2)67-25-22-65(13)47(67)39-29-36(44-56-32-59-50(62-44)53(6,7)8)19-21-42(39)69-27-24-66(14)48(69)40-30-37(45-57-33-60-51(63-45)54(9,10)11)18-20-41(40)68-26-23-64(12)46(68)38-17-15-16-35(28-38)43-55-31-58-49(61-43)52(3,4)5/h15-34H,1-14H3/q+3. The number of rotatable bonds is 9. The Kier molecular flexibility index (Phi) is 11.7. The number of hydrogen-bond donors (Lipinski definition) is 0. The van der Waals surface area contributed by atoms with Crippen molar-refractivity contribution >= 4 is 0 Å². The SMILES string of the molecule is CC(C)[n+]1ccn(C)c1-c1cc(-c2ncnc(C(C)(C)C)n2)ccc1-[n+]1ccn(C)c1-c1cc(-c2ncnc(C(C)(C)C)n2)ccc1-[n+]1ccn(C)c1-c1cccc(-c2ncnc(C(C)(C)C)n2)c1. The Morgan fingerprint density at radius 3 is 1.29 bits per heavy atom. The highest BCUT2D eigenvalue weighted by Crippen LogP contribution is 2.34. The van der Waals surface area contributed by atoms with Crippen LogP contribution in [-0.4, -0.2) is 58.6 Å². The highest BCUT2D eigenvalue weighted by Gasteiger charge is 2.33. The van der Waals surface area contributed by atoms with Crippen LogP contribution in [0.1, 0.15) is 99.7 Å². The van der Waals surface area contributed by atoms with Crippen molar-refractivity contribution in [1.82, 2.24) is 58.6 Å². The minimum absolute atomic E-state index is 0.182. The van der Waals surface area contributed by atoms with E-state index in [9.17, 15) is 0 Å². The van der Waals surface area contributed by atoms with Crippen LogP contribution < -0.4 is 13.7 Å². The summed E-state index contributed by atoms with van der Waals surface area (Å²) < 4.78 is 13.3. The van der Waals surface area contributed by atoms with Crippen molar-refractivity contribution in [2.45, 2.75) is 98.4 Å². The van der Waals surface area contributed by atoms with E-state index < -0.39 is 0 Å². The van der Waals surface area contributed by atoms with E-state index in [0.717, 1.165) is 79.7 Å².